The summed E-state index contributed by atoms with van der Waals surface area (Å²) in [4.78, 5) is 14.1. The number of benzene rings is 4. The number of amides is 1. The lowest BCUT2D eigenvalue weighted by atomic mass is 10.1. The van der Waals surface area contributed by atoms with Gasteiger partial charge >= 0.3 is 0 Å². The Kier molecular flexibility index (Phi) is 8.52. The molecule has 1 amide bonds. The van der Waals surface area contributed by atoms with Gasteiger partial charge < -0.3 is 16.0 Å². The summed E-state index contributed by atoms with van der Waals surface area (Å²) < 4.78 is 14.9. The van der Waals surface area contributed by atoms with E-state index in [9.17, 15) is 9.18 Å². The van der Waals surface area contributed by atoms with Crippen LogP contribution in [-0.4, -0.2) is 11.0 Å². The SMILES string of the molecule is O=C(Nc1ccc(Br)cc1F)C(Sc1ccc(NC(=S)Nc2ccccc2)cc1)c1ccccc1. The molecule has 4 aromatic rings. The minimum absolute atomic E-state index is 0.138. The largest absolute Gasteiger partial charge is 0.332 e. The number of para-hydroxylation sites is 1. The van der Waals surface area contributed by atoms with Crippen molar-refractivity contribution < 1.29 is 9.18 Å². The van der Waals surface area contributed by atoms with Crippen molar-refractivity contribution in [1.82, 2.24) is 0 Å². The zero-order valence-corrected chi connectivity index (χ0v) is 21.6. The lowest BCUT2D eigenvalue weighted by Crippen LogP contribution is -2.20. The molecule has 0 aliphatic carbocycles. The predicted molar refractivity (Wildman–Crippen MR) is 150 cm³/mol. The number of hydrogen-bond donors (Lipinski definition) is 3. The first-order chi connectivity index (χ1) is 17.0. The van der Waals surface area contributed by atoms with Crippen LogP contribution in [0.1, 0.15) is 10.8 Å². The molecule has 0 fully saturated rings. The van der Waals surface area contributed by atoms with Crippen molar-refractivity contribution >= 4 is 68.0 Å². The highest BCUT2D eigenvalue weighted by atomic mass is 79.9. The molecule has 8 heteroatoms. The molecule has 0 saturated carbocycles. The zero-order valence-electron chi connectivity index (χ0n) is 18.4. The van der Waals surface area contributed by atoms with Crippen LogP contribution in [0, 0.1) is 5.82 Å². The summed E-state index contributed by atoms with van der Waals surface area (Å²) in [6, 6.07) is 31.3. The van der Waals surface area contributed by atoms with Gasteiger partial charge in [0.1, 0.15) is 11.1 Å². The van der Waals surface area contributed by atoms with Gasteiger partial charge in [0.25, 0.3) is 0 Å². The van der Waals surface area contributed by atoms with Crippen molar-refractivity contribution in [1.29, 1.82) is 0 Å². The van der Waals surface area contributed by atoms with E-state index in [1.807, 2.05) is 84.9 Å². The van der Waals surface area contributed by atoms with Crippen molar-refractivity contribution in [3.63, 3.8) is 0 Å². The van der Waals surface area contributed by atoms with Crippen molar-refractivity contribution in [3.8, 4) is 0 Å². The summed E-state index contributed by atoms with van der Waals surface area (Å²) in [7, 11) is 0. The summed E-state index contributed by atoms with van der Waals surface area (Å²) in [6.07, 6.45) is 0. The van der Waals surface area contributed by atoms with Crippen LogP contribution in [0.4, 0.5) is 21.5 Å². The molecule has 176 valence electrons. The van der Waals surface area contributed by atoms with Gasteiger partial charge in [-0.2, -0.15) is 0 Å². The van der Waals surface area contributed by atoms with Crippen molar-refractivity contribution in [2.75, 3.05) is 16.0 Å². The molecular formula is C27H21BrFN3OS2. The lowest BCUT2D eigenvalue weighted by Gasteiger charge is -2.18. The third-order valence-electron chi connectivity index (χ3n) is 4.93. The van der Waals surface area contributed by atoms with Gasteiger partial charge in [-0.25, -0.2) is 4.39 Å². The Morgan fingerprint density at radius 2 is 1.40 bits per heavy atom. The summed E-state index contributed by atoms with van der Waals surface area (Å²) in [5, 5.41) is 8.92. The van der Waals surface area contributed by atoms with Gasteiger partial charge in [0.2, 0.25) is 5.91 Å². The fourth-order valence-electron chi connectivity index (χ4n) is 3.26. The maximum atomic E-state index is 14.3. The van der Waals surface area contributed by atoms with Gasteiger partial charge in [-0.15, -0.1) is 11.8 Å². The summed E-state index contributed by atoms with van der Waals surface area (Å²) >= 11 is 10.0. The number of carbonyl (C=O) groups is 1. The van der Waals surface area contributed by atoms with Crippen LogP contribution in [0.2, 0.25) is 0 Å². The molecular weight excluding hydrogens is 545 g/mol. The van der Waals surface area contributed by atoms with Crippen LogP contribution >= 0.6 is 39.9 Å². The molecule has 4 aromatic carbocycles. The highest BCUT2D eigenvalue weighted by Crippen LogP contribution is 2.37. The first-order valence-electron chi connectivity index (χ1n) is 10.7. The highest BCUT2D eigenvalue weighted by Gasteiger charge is 2.23. The maximum Gasteiger partial charge on any atom is 0.242 e. The Labute approximate surface area is 221 Å². The predicted octanol–water partition coefficient (Wildman–Crippen LogP) is 7.87. The fourth-order valence-corrected chi connectivity index (χ4v) is 4.85. The third kappa shape index (κ3) is 7.14. The molecule has 4 nitrogen and oxygen atoms in total. The number of hydrogen-bond acceptors (Lipinski definition) is 3. The number of thioether (sulfide) groups is 1. The molecule has 0 radical (unpaired) electrons. The summed E-state index contributed by atoms with van der Waals surface area (Å²) in [5.41, 5.74) is 2.68. The van der Waals surface area contributed by atoms with Crippen molar-refractivity contribution in [2.24, 2.45) is 0 Å². The Bertz CT molecular complexity index is 1310. The van der Waals surface area contributed by atoms with Gasteiger partial charge in [-0.1, -0.05) is 64.5 Å². The molecule has 0 saturated heterocycles. The van der Waals surface area contributed by atoms with E-state index in [-0.39, 0.29) is 11.6 Å². The quantitative estimate of drug-likeness (QED) is 0.157. The number of anilines is 3. The number of carbonyl (C=O) groups excluding carboxylic acids is 1. The molecule has 0 bridgehead atoms. The Morgan fingerprint density at radius 1 is 0.800 bits per heavy atom. The normalized spacial score (nSPS) is 11.4. The molecule has 35 heavy (non-hydrogen) atoms. The first-order valence-corrected chi connectivity index (χ1v) is 12.8. The summed E-state index contributed by atoms with van der Waals surface area (Å²) in [5.74, 6) is -0.807. The van der Waals surface area contributed by atoms with Crippen molar-refractivity contribution in [2.45, 2.75) is 10.1 Å². The Morgan fingerprint density at radius 3 is 2.03 bits per heavy atom. The lowest BCUT2D eigenvalue weighted by molar-refractivity contribution is -0.115. The summed E-state index contributed by atoms with van der Waals surface area (Å²) in [6.45, 7) is 0. The second kappa shape index (κ2) is 12.0. The van der Waals surface area contributed by atoms with E-state index in [2.05, 4.69) is 31.9 Å². The third-order valence-corrected chi connectivity index (χ3v) is 6.89. The van der Waals surface area contributed by atoms with Gasteiger partial charge in [0, 0.05) is 20.7 Å². The standard InChI is InChI=1S/C27H21BrFN3OS2/c28-19-11-16-24(23(29)17-19)32-26(33)25(18-7-3-1-4-8-18)35-22-14-12-21(13-15-22)31-27(34)30-20-9-5-2-6-10-20/h1-17,25H,(H,32,33)(H2,30,31,34). The van der Waals surface area contributed by atoms with E-state index in [4.69, 9.17) is 12.2 Å². The average Bonchev–Trinajstić information content (AvgIpc) is 2.86. The topological polar surface area (TPSA) is 53.2 Å². The van der Waals surface area contributed by atoms with E-state index in [0.29, 0.717) is 9.59 Å². The van der Waals surface area contributed by atoms with Gasteiger partial charge in [-0.05, 0) is 72.4 Å². The number of halogens is 2. The van der Waals surface area contributed by atoms with Crippen molar-refractivity contribution in [3.05, 3.63) is 119 Å². The van der Waals surface area contributed by atoms with E-state index in [1.54, 1.807) is 6.07 Å². The van der Waals surface area contributed by atoms with E-state index in [1.165, 1.54) is 23.9 Å². The van der Waals surface area contributed by atoms with Crippen LogP contribution in [0.25, 0.3) is 0 Å². The highest BCUT2D eigenvalue weighted by molar-refractivity contribution is 9.10. The Hall–Kier alpha value is -3.20. The first kappa shape index (κ1) is 24.9. The van der Waals surface area contributed by atoms with E-state index in [0.717, 1.165) is 21.8 Å². The maximum absolute atomic E-state index is 14.3. The average molecular weight is 567 g/mol. The molecule has 0 aliphatic rings. The zero-order chi connectivity index (χ0) is 24.6. The molecule has 0 spiro atoms. The molecule has 1 unspecified atom stereocenters. The van der Waals surface area contributed by atoms with E-state index >= 15 is 0 Å². The molecule has 0 heterocycles. The Balaban J connectivity index is 1.46. The second-order valence-electron chi connectivity index (χ2n) is 7.49. The van der Waals surface area contributed by atoms with Crippen LogP contribution in [0.15, 0.2) is 112 Å². The molecule has 1 atom stereocenters. The van der Waals surface area contributed by atoms with Crippen LogP contribution < -0.4 is 16.0 Å². The van der Waals surface area contributed by atoms with Gasteiger partial charge in [0.15, 0.2) is 5.11 Å². The van der Waals surface area contributed by atoms with Gasteiger partial charge in [0.05, 0.1) is 5.69 Å². The molecule has 0 aliphatic heterocycles. The van der Waals surface area contributed by atoms with Crippen LogP contribution in [0.5, 0.6) is 0 Å². The molecule has 3 N–H and O–H groups in total. The monoisotopic (exact) mass is 565 g/mol. The van der Waals surface area contributed by atoms with Gasteiger partial charge in [-0.3, -0.25) is 4.79 Å². The minimum Gasteiger partial charge on any atom is -0.332 e. The number of nitrogens with one attached hydrogen (secondary N) is 3. The second-order valence-corrected chi connectivity index (χ2v) is 9.99. The number of thiocarbonyl (C=S) groups is 1. The van der Waals surface area contributed by atoms with E-state index < -0.39 is 11.1 Å². The smallest absolute Gasteiger partial charge is 0.242 e. The fraction of sp³-hybridized carbons (Fsp3) is 0.0370. The van der Waals surface area contributed by atoms with Crippen LogP contribution in [0.3, 0.4) is 0 Å². The minimum atomic E-state index is -0.570. The molecule has 0 aromatic heterocycles. The molecule has 4 rings (SSSR count). The van der Waals surface area contributed by atoms with Crippen LogP contribution in [-0.2, 0) is 4.79 Å². The number of rotatable bonds is 7.